The molecule has 0 spiro atoms. The Labute approximate surface area is 117 Å². The summed E-state index contributed by atoms with van der Waals surface area (Å²) in [6.07, 6.45) is 1.03. The van der Waals surface area contributed by atoms with Crippen LogP contribution in [0.15, 0.2) is 18.2 Å². The van der Waals surface area contributed by atoms with Crippen molar-refractivity contribution in [2.75, 3.05) is 6.54 Å². The summed E-state index contributed by atoms with van der Waals surface area (Å²) in [5.74, 6) is -0.315. The minimum atomic E-state index is -0.515. The molecule has 1 aliphatic rings. The molecule has 1 aliphatic heterocycles. The molecule has 0 bridgehead atoms. The van der Waals surface area contributed by atoms with Crippen molar-refractivity contribution in [3.63, 3.8) is 0 Å². The van der Waals surface area contributed by atoms with E-state index < -0.39 is 5.82 Å². The van der Waals surface area contributed by atoms with Gasteiger partial charge in [-0.1, -0.05) is 18.5 Å². The summed E-state index contributed by atoms with van der Waals surface area (Å²) in [5, 5.41) is 6.31. The lowest BCUT2D eigenvalue weighted by Crippen LogP contribution is -2.55. The van der Waals surface area contributed by atoms with Crippen LogP contribution in [0.3, 0.4) is 0 Å². The summed E-state index contributed by atoms with van der Waals surface area (Å²) in [4.78, 5) is 12.1. The molecule has 3 atom stereocenters. The van der Waals surface area contributed by atoms with Gasteiger partial charge >= 0.3 is 0 Å². The van der Waals surface area contributed by atoms with Crippen LogP contribution >= 0.6 is 11.6 Å². The maximum atomic E-state index is 13.1. The van der Waals surface area contributed by atoms with Crippen LogP contribution in [0.5, 0.6) is 0 Å². The normalized spacial score (nSPS) is 27.1. The molecule has 0 aromatic heterocycles. The van der Waals surface area contributed by atoms with Crippen LogP contribution in [0.4, 0.5) is 4.39 Å². The fraction of sp³-hybridized carbons (Fsp3) is 0.500. The molecule has 1 heterocycles. The first-order valence-electron chi connectivity index (χ1n) is 6.48. The van der Waals surface area contributed by atoms with E-state index in [1.165, 1.54) is 18.2 Å². The zero-order valence-electron chi connectivity index (χ0n) is 11.0. The van der Waals surface area contributed by atoms with Crippen LogP contribution in [-0.2, 0) is 0 Å². The van der Waals surface area contributed by atoms with Crippen molar-refractivity contribution in [1.29, 1.82) is 0 Å². The number of amides is 1. The molecular weight excluding hydrogens is 267 g/mol. The van der Waals surface area contributed by atoms with Crippen molar-refractivity contribution < 1.29 is 9.18 Å². The lowest BCUT2D eigenvalue weighted by atomic mass is 9.89. The van der Waals surface area contributed by atoms with Gasteiger partial charge in [-0.3, -0.25) is 4.79 Å². The van der Waals surface area contributed by atoms with Crippen molar-refractivity contribution >= 4 is 17.5 Å². The Morgan fingerprint density at radius 1 is 1.47 bits per heavy atom. The van der Waals surface area contributed by atoms with E-state index in [2.05, 4.69) is 24.5 Å². The molecule has 1 aromatic rings. The van der Waals surface area contributed by atoms with Gasteiger partial charge in [0.15, 0.2) is 0 Å². The number of piperidine rings is 1. The fourth-order valence-electron chi connectivity index (χ4n) is 2.48. The van der Waals surface area contributed by atoms with E-state index >= 15 is 0 Å². The zero-order valence-corrected chi connectivity index (χ0v) is 11.8. The lowest BCUT2D eigenvalue weighted by Gasteiger charge is -2.36. The van der Waals surface area contributed by atoms with Gasteiger partial charge in [0.25, 0.3) is 5.91 Å². The van der Waals surface area contributed by atoms with Crippen LogP contribution in [0.1, 0.15) is 30.6 Å². The van der Waals surface area contributed by atoms with Gasteiger partial charge in [0.1, 0.15) is 5.82 Å². The number of nitrogens with one attached hydrogen (secondary N) is 2. The highest BCUT2D eigenvalue weighted by Crippen LogP contribution is 2.19. The Morgan fingerprint density at radius 2 is 2.21 bits per heavy atom. The Balaban J connectivity index is 2.09. The number of carbonyl (C=O) groups is 1. The van der Waals surface area contributed by atoms with Crippen molar-refractivity contribution in [3.8, 4) is 0 Å². The second kappa shape index (κ2) is 5.88. The SMILES string of the molecule is CC1CCNC(C)C1NC(=O)c1ccc(F)c(Cl)c1. The molecule has 0 saturated carbocycles. The fourth-order valence-corrected chi connectivity index (χ4v) is 2.66. The molecule has 0 aliphatic carbocycles. The van der Waals surface area contributed by atoms with Gasteiger partial charge in [-0.2, -0.15) is 0 Å². The number of benzene rings is 1. The van der Waals surface area contributed by atoms with Gasteiger partial charge in [0, 0.05) is 17.6 Å². The minimum Gasteiger partial charge on any atom is -0.347 e. The highest BCUT2D eigenvalue weighted by Gasteiger charge is 2.28. The predicted molar refractivity (Wildman–Crippen MR) is 73.9 cm³/mol. The van der Waals surface area contributed by atoms with Crippen LogP contribution in [-0.4, -0.2) is 24.5 Å². The van der Waals surface area contributed by atoms with E-state index in [9.17, 15) is 9.18 Å². The third kappa shape index (κ3) is 3.25. The summed E-state index contributed by atoms with van der Waals surface area (Å²) in [6.45, 7) is 5.15. The van der Waals surface area contributed by atoms with Crippen molar-refractivity contribution in [2.24, 2.45) is 5.92 Å². The van der Waals surface area contributed by atoms with Crippen LogP contribution in [0, 0.1) is 11.7 Å². The standard InChI is InChI=1S/C14H18ClFN2O/c1-8-5-6-17-9(2)13(8)18-14(19)10-3-4-12(16)11(15)7-10/h3-4,7-9,13,17H,5-6H2,1-2H3,(H,18,19). The largest absolute Gasteiger partial charge is 0.347 e. The number of halogens is 2. The topological polar surface area (TPSA) is 41.1 Å². The van der Waals surface area contributed by atoms with Crippen molar-refractivity contribution in [1.82, 2.24) is 10.6 Å². The molecule has 3 unspecified atom stereocenters. The maximum absolute atomic E-state index is 13.1. The van der Waals surface area contributed by atoms with E-state index in [0.29, 0.717) is 11.5 Å². The van der Waals surface area contributed by atoms with E-state index in [1.54, 1.807) is 0 Å². The Bertz CT molecular complexity index is 471. The number of hydrogen-bond acceptors (Lipinski definition) is 2. The molecule has 2 N–H and O–H groups in total. The molecule has 1 fully saturated rings. The number of carbonyl (C=O) groups excluding carboxylic acids is 1. The molecule has 3 nitrogen and oxygen atoms in total. The smallest absolute Gasteiger partial charge is 0.251 e. The summed E-state index contributed by atoms with van der Waals surface area (Å²) in [5.41, 5.74) is 0.386. The molecule has 1 aromatic carbocycles. The quantitative estimate of drug-likeness (QED) is 0.876. The van der Waals surface area contributed by atoms with E-state index in [0.717, 1.165) is 13.0 Å². The van der Waals surface area contributed by atoms with Gasteiger partial charge in [-0.25, -0.2) is 4.39 Å². The molecule has 2 rings (SSSR count). The van der Waals surface area contributed by atoms with E-state index in [1.807, 2.05) is 0 Å². The molecule has 5 heteroatoms. The molecule has 19 heavy (non-hydrogen) atoms. The van der Waals surface area contributed by atoms with Gasteiger partial charge in [-0.05, 0) is 44.0 Å². The summed E-state index contributed by atoms with van der Waals surface area (Å²) < 4.78 is 13.1. The lowest BCUT2D eigenvalue weighted by molar-refractivity contribution is 0.0897. The van der Waals surface area contributed by atoms with Crippen molar-refractivity contribution in [2.45, 2.75) is 32.4 Å². The predicted octanol–water partition coefficient (Wildman–Crippen LogP) is 2.60. The first kappa shape index (κ1) is 14.3. The monoisotopic (exact) mass is 284 g/mol. The third-order valence-corrected chi connectivity index (χ3v) is 3.99. The number of rotatable bonds is 2. The number of hydrogen-bond donors (Lipinski definition) is 2. The van der Waals surface area contributed by atoms with Crippen LogP contribution in [0.25, 0.3) is 0 Å². The Hall–Kier alpha value is -1.13. The summed E-state index contributed by atoms with van der Waals surface area (Å²) in [7, 11) is 0. The maximum Gasteiger partial charge on any atom is 0.251 e. The third-order valence-electron chi connectivity index (χ3n) is 3.70. The molecule has 1 saturated heterocycles. The van der Waals surface area contributed by atoms with Gasteiger partial charge in [0.05, 0.1) is 5.02 Å². The molecular formula is C14H18ClFN2O. The minimum absolute atomic E-state index is 0.0319. The van der Waals surface area contributed by atoms with E-state index in [-0.39, 0.29) is 23.0 Å². The highest BCUT2D eigenvalue weighted by molar-refractivity contribution is 6.31. The van der Waals surface area contributed by atoms with Gasteiger partial charge in [-0.15, -0.1) is 0 Å². The molecule has 1 amide bonds. The van der Waals surface area contributed by atoms with Gasteiger partial charge < -0.3 is 10.6 Å². The second-order valence-electron chi connectivity index (χ2n) is 5.14. The highest BCUT2D eigenvalue weighted by atomic mass is 35.5. The average molecular weight is 285 g/mol. The molecule has 0 radical (unpaired) electrons. The second-order valence-corrected chi connectivity index (χ2v) is 5.54. The summed E-state index contributed by atoms with van der Waals surface area (Å²) >= 11 is 5.69. The first-order chi connectivity index (χ1) is 8.99. The first-order valence-corrected chi connectivity index (χ1v) is 6.86. The average Bonchev–Trinajstić information content (AvgIpc) is 2.37. The summed E-state index contributed by atoms with van der Waals surface area (Å²) in [6, 6.07) is 4.32. The van der Waals surface area contributed by atoms with Crippen LogP contribution in [0.2, 0.25) is 5.02 Å². The van der Waals surface area contributed by atoms with Gasteiger partial charge in [0.2, 0.25) is 0 Å². The van der Waals surface area contributed by atoms with E-state index in [4.69, 9.17) is 11.6 Å². The van der Waals surface area contributed by atoms with Crippen LogP contribution < -0.4 is 10.6 Å². The Kier molecular flexibility index (Phi) is 4.42. The Morgan fingerprint density at radius 3 is 2.84 bits per heavy atom. The molecule has 104 valence electrons. The van der Waals surface area contributed by atoms with Crippen molar-refractivity contribution in [3.05, 3.63) is 34.6 Å². The zero-order chi connectivity index (χ0) is 14.0.